The zero-order valence-corrected chi connectivity index (χ0v) is 66.1. The number of esters is 3. The number of benzene rings is 5. The van der Waals surface area contributed by atoms with Crippen molar-refractivity contribution in [1.82, 2.24) is 23.7 Å². The third-order valence-electron chi connectivity index (χ3n) is 13.1. The first-order valence-corrected chi connectivity index (χ1v) is 30.9. The van der Waals surface area contributed by atoms with Crippen LogP contribution in [-0.4, -0.2) is 115 Å². The van der Waals surface area contributed by atoms with E-state index in [9.17, 15) is 48.6 Å². The molecule has 0 saturated heterocycles. The number of rotatable bonds is 12. The fourth-order valence-corrected chi connectivity index (χ4v) is 9.54. The number of aliphatic carboxylic acids is 1. The van der Waals surface area contributed by atoms with E-state index in [1.807, 2.05) is 98.0 Å². The van der Waals surface area contributed by atoms with Crippen molar-refractivity contribution in [2.75, 3.05) is 5.33 Å². The molecule has 0 aliphatic carbocycles. The molecule has 0 saturated carbocycles. The Balaban J connectivity index is 0. The molecule has 5 aromatic carbocycles. The van der Waals surface area contributed by atoms with E-state index >= 15 is 0 Å². The van der Waals surface area contributed by atoms with E-state index in [1.54, 1.807) is 67.6 Å². The van der Waals surface area contributed by atoms with Gasteiger partial charge in [0.15, 0.2) is 23.1 Å². The number of carboxylic acids is 1. The Morgan fingerprint density at radius 3 is 1.22 bits per heavy atom. The summed E-state index contributed by atoms with van der Waals surface area (Å²) in [4.78, 5) is 109. The van der Waals surface area contributed by atoms with Crippen molar-refractivity contribution in [3.05, 3.63) is 167 Å². The summed E-state index contributed by atoms with van der Waals surface area (Å²) in [7, 11) is 0. The van der Waals surface area contributed by atoms with Gasteiger partial charge in [-0.2, -0.15) is 0 Å². The van der Waals surface area contributed by atoms with Crippen molar-refractivity contribution in [2.45, 2.75) is 155 Å². The molecule has 25 heteroatoms. The van der Waals surface area contributed by atoms with Crippen molar-refractivity contribution in [3.63, 3.8) is 0 Å². The number of aromatic hydroxyl groups is 2. The summed E-state index contributed by atoms with van der Waals surface area (Å²) in [6.45, 7) is 28.2. The SMILES string of the molecule is C.CC(=O)c1c[nH]c2cc(C)ccc12.CC(=O)c1cn(CC(=O)O)c2cc(O)ccc12.CC(=O)c1cn(CC(=O)OC(C)(C)C)c2cc(C)ccc12.CC(=O)c1cn(CC(=O)OC(C)(C)C)c2cc(O)ccc12.CC(C)(C)OC(=O)CBr.Cc1ccc2cc[nH]c2c1.O=CO[O-].[2HH].[H-].[K+].[K+]. The molecule has 0 atom stereocenters. The largest absolute Gasteiger partial charge is 1.00 e. The molecule has 5 heterocycles. The second kappa shape index (κ2) is 40.4. The Labute approximate surface area is 667 Å². The maximum Gasteiger partial charge on any atom is 1.00 e. The Morgan fingerprint density at radius 2 is 0.857 bits per heavy atom. The topological polar surface area (TPSA) is 321 Å². The number of phenols is 2. The smallest absolute Gasteiger partial charge is 1.00 e. The number of fused-ring (bicyclic) bond motifs is 5. The third-order valence-corrected chi connectivity index (χ3v) is 13.6. The summed E-state index contributed by atoms with van der Waals surface area (Å²) in [5.74, 6) is -1.92. The molecule has 5 N–H and O–H groups in total. The van der Waals surface area contributed by atoms with E-state index in [1.165, 1.54) is 77.8 Å². The first-order chi connectivity index (χ1) is 44.2. The van der Waals surface area contributed by atoms with Crippen LogP contribution in [-0.2, 0) is 62.7 Å². The van der Waals surface area contributed by atoms with Gasteiger partial charge in [0.05, 0.1) is 11.0 Å². The van der Waals surface area contributed by atoms with Gasteiger partial charge in [0.25, 0.3) is 6.47 Å². The molecule has 0 fully saturated rings. The predicted molar refractivity (Wildman–Crippen MR) is 376 cm³/mol. The maximum absolute atomic E-state index is 12.0. The van der Waals surface area contributed by atoms with E-state index in [2.05, 4.69) is 62.0 Å². The van der Waals surface area contributed by atoms with Gasteiger partial charge in [0.1, 0.15) is 53.3 Å². The van der Waals surface area contributed by atoms with Crippen LogP contribution >= 0.6 is 15.9 Å². The van der Waals surface area contributed by atoms with Gasteiger partial charge in [-0.1, -0.05) is 59.8 Å². The summed E-state index contributed by atoms with van der Waals surface area (Å²) in [5.41, 5.74) is 8.84. The molecule has 518 valence electrons. The van der Waals surface area contributed by atoms with Crippen molar-refractivity contribution < 1.29 is 188 Å². The number of ether oxygens (including phenoxy) is 3. The van der Waals surface area contributed by atoms with Crippen LogP contribution in [0.3, 0.4) is 0 Å². The van der Waals surface area contributed by atoms with Crippen LogP contribution < -0.4 is 108 Å². The van der Waals surface area contributed by atoms with E-state index in [0.29, 0.717) is 38.5 Å². The second-order valence-corrected chi connectivity index (χ2v) is 25.5. The first kappa shape index (κ1) is 89.2. The number of phenolic OH excluding ortho intramolecular Hbond substituents is 2. The van der Waals surface area contributed by atoms with Gasteiger partial charge in [-0.3, -0.25) is 43.2 Å². The minimum atomic E-state index is -1.000. The molecule has 0 radical (unpaired) electrons. The molecule has 0 aliphatic rings. The Kier molecular flexibility index (Phi) is 36.8. The first-order valence-electron chi connectivity index (χ1n) is 29.8. The average molecular weight is 1470 g/mol. The Hall–Kier alpha value is -6.86. The third kappa shape index (κ3) is 28.8. The molecular weight excluding hydrogens is 1380 g/mol. The summed E-state index contributed by atoms with van der Waals surface area (Å²) in [6.07, 6.45) is 8.59. The van der Waals surface area contributed by atoms with Crippen LogP contribution in [0.1, 0.15) is 158 Å². The predicted octanol–water partition coefficient (Wildman–Crippen LogP) is 8.33. The molecule has 10 rings (SSSR count). The fourth-order valence-electron chi connectivity index (χ4n) is 9.43. The number of nitrogens with zero attached hydrogens (tertiary/aromatic N) is 3. The number of aromatic nitrogens is 5. The maximum atomic E-state index is 12.0. The number of nitrogens with one attached hydrogen (secondary N) is 2. The number of hydrogen-bond donors (Lipinski definition) is 5. The van der Waals surface area contributed by atoms with Crippen LogP contribution in [0.25, 0.3) is 54.5 Å². The van der Waals surface area contributed by atoms with Crippen molar-refractivity contribution >= 4 is 124 Å². The number of aromatic amines is 2. The van der Waals surface area contributed by atoms with Crippen LogP contribution in [0.2, 0.25) is 0 Å². The van der Waals surface area contributed by atoms with E-state index in [4.69, 9.17) is 29.4 Å². The van der Waals surface area contributed by atoms with Crippen LogP contribution in [0.5, 0.6) is 11.5 Å². The molecule has 22 nitrogen and oxygen atoms in total. The van der Waals surface area contributed by atoms with E-state index < -0.39 is 23.1 Å². The molecule has 0 aliphatic heterocycles. The number of halogens is 1. The van der Waals surface area contributed by atoms with E-state index in [0.717, 1.165) is 32.9 Å². The number of carbonyl (C=O) groups is 9. The number of H-pyrrole nitrogens is 2. The standard InChI is InChI=1S/C17H21NO3.C16H19NO4.C12H11NO4.C11H11NO.C9H9N.C6H11BrO2.CH2O3.CH4.2K.H2.H/c1-11-6-7-13-14(12(2)19)9-18(15(13)8-11)10-16(20)21-17(3,4)5;1-10(18)13-8-17(9-15(20)21-16(2,3)4)14-7-11(19)5-6-12(13)14;1-7(14)10-5-13(6-12(16)17)11-4-8(15)2-3-9(10)11;1-7-3-4-9-10(8(2)13)6-12-11(9)5-7;1-7-2-3-8-4-5-10-9(8)6-7;1-6(2,3)9-5(8)4-7;2-1-4-3;;;;;/h6-9H,10H2,1-5H3;5-8,19H,9H2,1-4H3;2-5,15H,6H2,1H3,(H,16,17);3-6,12H,1-2H3;2-6,10H,1H3;4H2,1-3H3;1,3H;1H4;;;1H;/q;;;;;;;;2*+1;;-1/p-1/i;;;;;;;;;;1+1;. The number of alkyl halides is 1. The van der Waals surface area contributed by atoms with Gasteiger partial charge < -0.3 is 64.8 Å². The molecule has 5 aromatic heterocycles. The minimum absolute atomic E-state index is 0. The number of ketones is 4. The number of aryl methyl sites for hydroxylation is 3. The number of carbonyl (C=O) groups excluding carboxylic acids is 8. The van der Waals surface area contributed by atoms with Crippen LogP contribution in [0.4, 0.5) is 0 Å². The van der Waals surface area contributed by atoms with Crippen molar-refractivity contribution in [1.29, 1.82) is 0 Å². The van der Waals surface area contributed by atoms with Gasteiger partial charge in [-0.15, -0.1) is 0 Å². The number of hydrogen-bond acceptors (Lipinski definition) is 16. The molecule has 98 heavy (non-hydrogen) atoms. The summed E-state index contributed by atoms with van der Waals surface area (Å²) >= 11 is 2.99. The normalized spacial score (nSPS) is 10.6. The van der Waals surface area contributed by atoms with Crippen LogP contribution in [0.15, 0.2) is 128 Å². The monoisotopic (exact) mass is 1470 g/mol. The zero-order valence-electron chi connectivity index (χ0n) is 59.3. The van der Waals surface area contributed by atoms with E-state index in [-0.39, 0.29) is 197 Å². The quantitative estimate of drug-likeness (QED) is 0.0112. The molecule has 10 aromatic rings. The molecule has 0 bridgehead atoms. The van der Waals surface area contributed by atoms with Crippen molar-refractivity contribution in [3.8, 4) is 11.5 Å². The second-order valence-electron chi connectivity index (χ2n) is 25.0. The molecule has 0 amide bonds. The average Bonchev–Trinajstić information content (AvgIpc) is 1.66. The van der Waals surface area contributed by atoms with Gasteiger partial charge in [-0.05, 0) is 181 Å². The Bertz CT molecular complexity index is 4290. The zero-order chi connectivity index (χ0) is 71.4. The van der Waals surface area contributed by atoms with Gasteiger partial charge in [-0.25, -0.2) is 0 Å². The molecule has 0 unspecified atom stereocenters. The molecular formula is C73H90BrK2N5O17. The van der Waals surface area contributed by atoms with Crippen molar-refractivity contribution in [2.24, 2.45) is 0 Å². The van der Waals surface area contributed by atoms with Gasteiger partial charge >= 0.3 is 127 Å². The minimum Gasteiger partial charge on any atom is -1.00 e. The number of carboxylic acid groups (broad SMARTS) is 1. The summed E-state index contributed by atoms with van der Waals surface area (Å²) in [6, 6.07) is 29.6. The summed E-state index contributed by atoms with van der Waals surface area (Å²) < 4.78 is 20.4. The van der Waals surface area contributed by atoms with Gasteiger partial charge in [0, 0.05) is 105 Å². The Morgan fingerprint density at radius 1 is 0.510 bits per heavy atom. The van der Waals surface area contributed by atoms with Crippen LogP contribution in [0, 0.1) is 20.8 Å². The van der Waals surface area contributed by atoms with Gasteiger partial charge in [0.2, 0.25) is 0 Å². The molecule has 0 spiro atoms. The summed E-state index contributed by atoms with van der Waals surface area (Å²) in [5, 5.41) is 41.0. The fraction of sp³-hybridized carbons (Fsp3) is 0.329. The number of Topliss-reactive ketones (excluding diaryl/α,β-unsaturated/α-hetero) is 4.